The summed E-state index contributed by atoms with van der Waals surface area (Å²) in [5, 5.41) is 0. The van der Waals surface area contributed by atoms with Crippen LogP contribution in [0.2, 0.25) is 0 Å². The molecule has 2 aromatic carbocycles. The highest BCUT2D eigenvalue weighted by molar-refractivity contribution is 5.65. The molecule has 0 unspecified atom stereocenters. The first kappa shape index (κ1) is 28.5. The number of aromatic nitrogens is 2. The van der Waals surface area contributed by atoms with Crippen molar-refractivity contribution in [2.45, 2.75) is 78.1 Å². The number of hydrogen-bond donors (Lipinski definition) is 0. The van der Waals surface area contributed by atoms with Gasteiger partial charge in [0.25, 0.3) is 0 Å². The fourth-order valence-corrected chi connectivity index (χ4v) is 4.02. The monoisotopic (exact) mass is 514 g/mol. The molecule has 37 heavy (non-hydrogen) atoms. The molecule has 0 amide bonds. The van der Waals surface area contributed by atoms with E-state index in [-0.39, 0.29) is 22.7 Å². The van der Waals surface area contributed by atoms with Crippen molar-refractivity contribution in [1.29, 1.82) is 0 Å². The molecule has 0 atom stereocenters. The fraction of sp³-hybridized carbons (Fsp3) is 0.467. The van der Waals surface area contributed by atoms with Gasteiger partial charge in [0, 0.05) is 11.1 Å². The van der Waals surface area contributed by atoms with Crippen molar-refractivity contribution in [1.82, 2.24) is 9.97 Å². The van der Waals surface area contributed by atoms with Gasteiger partial charge in [-0.1, -0.05) is 65.2 Å². The van der Waals surface area contributed by atoms with Gasteiger partial charge in [0.2, 0.25) is 11.8 Å². The molecule has 1 heterocycles. The largest absolute Gasteiger partial charge is 0.494 e. The van der Waals surface area contributed by atoms with Crippen molar-refractivity contribution in [2.24, 2.45) is 0 Å². The Bertz CT molecular complexity index is 1110. The molecule has 0 saturated carbocycles. The van der Waals surface area contributed by atoms with Gasteiger partial charge in [0.1, 0.15) is 11.4 Å². The Labute approximate surface area is 218 Å². The van der Waals surface area contributed by atoms with Gasteiger partial charge in [0.05, 0.1) is 25.1 Å². The van der Waals surface area contributed by atoms with E-state index < -0.39 is 17.6 Å². The number of hydrogen-bond acceptors (Lipinski definition) is 4. The van der Waals surface area contributed by atoms with Gasteiger partial charge in [-0.2, -0.15) is 8.78 Å². The summed E-state index contributed by atoms with van der Waals surface area (Å²) in [4.78, 5) is 7.99. The van der Waals surface area contributed by atoms with E-state index >= 15 is 0 Å². The topological polar surface area (TPSA) is 44.2 Å². The molecule has 0 radical (unpaired) electrons. The van der Waals surface area contributed by atoms with Crippen LogP contribution < -0.4 is 9.47 Å². The highest BCUT2D eigenvalue weighted by Gasteiger charge is 2.19. The predicted molar refractivity (Wildman–Crippen MR) is 141 cm³/mol. The zero-order chi connectivity index (χ0) is 26.5. The SMILES string of the molecule is CCCCCCCCOc1ccc(-c2ncc(-c3ccc(OCCCCCC)c(F)c3F)nc2F)cc1. The number of rotatable bonds is 16. The lowest BCUT2D eigenvalue weighted by molar-refractivity contribution is 0.285. The molecule has 0 saturated heterocycles. The van der Waals surface area contributed by atoms with E-state index in [2.05, 4.69) is 23.8 Å². The third-order valence-electron chi connectivity index (χ3n) is 6.20. The first-order chi connectivity index (χ1) is 18.0. The van der Waals surface area contributed by atoms with E-state index in [1.165, 1.54) is 44.0 Å². The van der Waals surface area contributed by atoms with E-state index in [0.29, 0.717) is 24.5 Å². The summed E-state index contributed by atoms with van der Waals surface area (Å²) in [6.45, 7) is 5.24. The van der Waals surface area contributed by atoms with Crippen molar-refractivity contribution >= 4 is 0 Å². The van der Waals surface area contributed by atoms with Crippen LogP contribution in [0.3, 0.4) is 0 Å². The third kappa shape index (κ3) is 8.48. The van der Waals surface area contributed by atoms with E-state index in [0.717, 1.165) is 38.5 Å². The smallest absolute Gasteiger partial charge is 0.239 e. The molecule has 0 aliphatic carbocycles. The average molecular weight is 515 g/mol. The molecule has 0 N–H and O–H groups in total. The molecule has 4 nitrogen and oxygen atoms in total. The Hall–Kier alpha value is -3.09. The van der Waals surface area contributed by atoms with Crippen molar-refractivity contribution < 1.29 is 22.6 Å². The van der Waals surface area contributed by atoms with Crippen molar-refractivity contribution in [3.63, 3.8) is 0 Å². The number of benzene rings is 2. The van der Waals surface area contributed by atoms with Crippen LogP contribution in [-0.2, 0) is 0 Å². The first-order valence-corrected chi connectivity index (χ1v) is 13.4. The van der Waals surface area contributed by atoms with Crippen LogP contribution in [0.1, 0.15) is 78.1 Å². The lowest BCUT2D eigenvalue weighted by atomic mass is 10.1. The van der Waals surface area contributed by atoms with Crippen LogP contribution in [0.25, 0.3) is 22.5 Å². The normalized spacial score (nSPS) is 11.1. The summed E-state index contributed by atoms with van der Waals surface area (Å²) in [5.41, 5.74) is 0.277. The van der Waals surface area contributed by atoms with Crippen LogP contribution in [0.4, 0.5) is 13.2 Å². The van der Waals surface area contributed by atoms with Crippen LogP contribution in [-0.4, -0.2) is 23.2 Å². The lowest BCUT2D eigenvalue weighted by Gasteiger charge is -2.11. The second kappa shape index (κ2) is 15.2. The summed E-state index contributed by atoms with van der Waals surface area (Å²) in [5.74, 6) is -2.58. The van der Waals surface area contributed by atoms with Crippen molar-refractivity contribution in [3.05, 3.63) is 60.2 Å². The maximum absolute atomic E-state index is 14.8. The Balaban J connectivity index is 1.60. The van der Waals surface area contributed by atoms with Gasteiger partial charge in [0.15, 0.2) is 11.6 Å². The zero-order valence-corrected chi connectivity index (χ0v) is 21.9. The van der Waals surface area contributed by atoms with Gasteiger partial charge in [-0.3, -0.25) is 0 Å². The van der Waals surface area contributed by atoms with Gasteiger partial charge >= 0.3 is 0 Å². The van der Waals surface area contributed by atoms with Crippen molar-refractivity contribution in [3.8, 4) is 34.0 Å². The van der Waals surface area contributed by atoms with E-state index in [4.69, 9.17) is 9.47 Å². The summed E-state index contributed by atoms with van der Waals surface area (Å²) in [6.07, 6.45) is 12.2. The summed E-state index contributed by atoms with van der Waals surface area (Å²) in [7, 11) is 0. The van der Waals surface area contributed by atoms with Crippen molar-refractivity contribution in [2.75, 3.05) is 13.2 Å². The van der Waals surface area contributed by atoms with Crippen LogP contribution in [0, 0.1) is 17.6 Å². The molecule has 0 aliphatic rings. The van der Waals surface area contributed by atoms with Crippen LogP contribution in [0.5, 0.6) is 11.5 Å². The van der Waals surface area contributed by atoms with Gasteiger partial charge in [-0.15, -0.1) is 0 Å². The van der Waals surface area contributed by atoms with Gasteiger partial charge in [-0.05, 0) is 49.2 Å². The number of unbranched alkanes of at least 4 members (excludes halogenated alkanes) is 8. The molecule has 0 spiro atoms. The molecule has 3 rings (SSSR count). The maximum atomic E-state index is 14.8. The highest BCUT2D eigenvalue weighted by atomic mass is 19.2. The van der Waals surface area contributed by atoms with Crippen LogP contribution >= 0.6 is 0 Å². The Morgan fingerprint density at radius 1 is 0.676 bits per heavy atom. The number of halogens is 3. The van der Waals surface area contributed by atoms with E-state index in [1.54, 1.807) is 24.3 Å². The lowest BCUT2D eigenvalue weighted by Crippen LogP contribution is -2.03. The molecular weight excluding hydrogens is 477 g/mol. The molecule has 3 aromatic rings. The quantitative estimate of drug-likeness (QED) is 0.179. The molecule has 0 fully saturated rings. The standard InChI is InChI=1S/C30H37F3N2O2/c1-3-5-7-9-10-12-19-36-23-15-13-22(14-16-23)29-30(33)35-25(21-34-29)24-17-18-26(28(32)27(24)31)37-20-11-8-6-4-2/h13-18,21H,3-12,19-20H2,1-2H3. The number of ether oxygens (including phenoxy) is 2. The minimum absolute atomic E-state index is 0.0270. The van der Waals surface area contributed by atoms with E-state index in [9.17, 15) is 13.2 Å². The molecule has 200 valence electrons. The minimum Gasteiger partial charge on any atom is -0.494 e. The third-order valence-corrected chi connectivity index (χ3v) is 6.20. The minimum atomic E-state index is -1.14. The summed E-state index contributed by atoms with van der Waals surface area (Å²) in [6, 6.07) is 9.60. The second-order valence-corrected chi connectivity index (χ2v) is 9.18. The Kier molecular flexibility index (Phi) is 11.7. The second-order valence-electron chi connectivity index (χ2n) is 9.18. The number of nitrogens with zero attached hydrogens (tertiary/aromatic N) is 2. The summed E-state index contributed by atoms with van der Waals surface area (Å²) < 4.78 is 55.2. The molecule has 7 heteroatoms. The summed E-state index contributed by atoms with van der Waals surface area (Å²) >= 11 is 0. The van der Waals surface area contributed by atoms with Gasteiger partial charge < -0.3 is 9.47 Å². The predicted octanol–water partition coefficient (Wildman–Crippen LogP) is 8.93. The van der Waals surface area contributed by atoms with E-state index in [1.807, 2.05) is 0 Å². The Morgan fingerprint density at radius 3 is 1.97 bits per heavy atom. The first-order valence-electron chi connectivity index (χ1n) is 13.4. The maximum Gasteiger partial charge on any atom is 0.239 e. The Morgan fingerprint density at radius 2 is 1.30 bits per heavy atom. The molecular formula is C30H37F3N2O2. The highest BCUT2D eigenvalue weighted by Crippen LogP contribution is 2.30. The average Bonchev–Trinajstić information content (AvgIpc) is 2.91. The van der Waals surface area contributed by atoms with Crippen LogP contribution in [0.15, 0.2) is 42.6 Å². The van der Waals surface area contributed by atoms with Gasteiger partial charge in [-0.25, -0.2) is 14.4 Å². The fourth-order valence-electron chi connectivity index (χ4n) is 4.02. The molecule has 0 bridgehead atoms. The molecule has 1 aromatic heterocycles. The zero-order valence-electron chi connectivity index (χ0n) is 21.9. The molecule has 0 aliphatic heterocycles.